The van der Waals surface area contributed by atoms with E-state index in [0.717, 1.165) is 11.1 Å². The largest absolute Gasteiger partial charge is 0.511 e. The van der Waals surface area contributed by atoms with E-state index in [2.05, 4.69) is 0 Å². The molecule has 3 atom stereocenters. The van der Waals surface area contributed by atoms with Gasteiger partial charge in [-0.1, -0.05) is 24.3 Å². The second-order valence-electron chi connectivity index (χ2n) is 9.57. The third kappa shape index (κ3) is 3.65. The Hall–Kier alpha value is -4.04. The second kappa shape index (κ2) is 8.87. The van der Waals surface area contributed by atoms with Crippen LogP contribution in [0, 0.1) is 17.8 Å². The van der Waals surface area contributed by atoms with Gasteiger partial charge in [0.1, 0.15) is 17.3 Å². The van der Waals surface area contributed by atoms with E-state index in [1.807, 2.05) is 6.07 Å². The Labute approximate surface area is 209 Å². The van der Waals surface area contributed by atoms with Crippen LogP contribution in [0.3, 0.4) is 0 Å². The molecule has 1 saturated carbocycles. The first kappa shape index (κ1) is 25.1. The first-order chi connectivity index (χ1) is 16.6. The van der Waals surface area contributed by atoms with Crippen molar-refractivity contribution in [2.24, 2.45) is 17.8 Å². The van der Waals surface area contributed by atoms with E-state index in [4.69, 9.17) is 0 Å². The van der Waals surface area contributed by atoms with Crippen LogP contribution in [0.2, 0.25) is 0 Å². The first-order valence-electron chi connectivity index (χ1n) is 11.5. The SMILES string of the molecule is CC(=O)C1=C(O)C2C(=O)C3=C(O)c4c(O)ccc(-c5cccc(C(C)=O)c5)c4CC3CC2CC1=O.O.[HH].[HH]. The number of aromatic hydroxyl groups is 1. The zero-order valence-corrected chi connectivity index (χ0v) is 19.8. The number of carbonyl (C=O) groups is 4. The van der Waals surface area contributed by atoms with Crippen LogP contribution in [-0.2, 0) is 20.8 Å². The quantitative estimate of drug-likeness (QED) is 0.430. The number of aliphatic hydroxyl groups is 2. The van der Waals surface area contributed by atoms with E-state index in [1.165, 1.54) is 19.9 Å². The van der Waals surface area contributed by atoms with Gasteiger partial charge in [0.05, 0.1) is 17.1 Å². The summed E-state index contributed by atoms with van der Waals surface area (Å²) in [6.07, 6.45) is 0.662. The van der Waals surface area contributed by atoms with Crippen LogP contribution < -0.4 is 0 Å². The smallest absolute Gasteiger partial charge is 0.173 e. The van der Waals surface area contributed by atoms with Gasteiger partial charge in [0.15, 0.2) is 23.1 Å². The van der Waals surface area contributed by atoms with Gasteiger partial charge in [0, 0.05) is 20.4 Å². The summed E-state index contributed by atoms with van der Waals surface area (Å²) in [6.45, 7) is 2.65. The number of aliphatic hydroxyl groups excluding tert-OH is 2. The standard InChI is InChI=1S/C28H24O7.H2O.2H2/c1-12(29)14-4-3-5-15(8-14)18-6-7-20(31)25-19(18)10-16-9-17-11-21(32)22(13(2)30)26(33)24(17)27(34)23(16)28(25)35;;;/h3-8,16-17,24,31,33,35H,9-11H2,1-2H3;1H2;2*1H. The molecule has 0 heterocycles. The number of fused-ring (bicyclic) bond motifs is 3. The van der Waals surface area contributed by atoms with Gasteiger partial charge in [-0.3, -0.25) is 19.2 Å². The number of carbonyl (C=O) groups excluding carboxylic acids is 4. The molecule has 190 valence electrons. The van der Waals surface area contributed by atoms with Crippen molar-refractivity contribution in [2.75, 3.05) is 0 Å². The summed E-state index contributed by atoms with van der Waals surface area (Å²) >= 11 is 0. The lowest BCUT2D eigenvalue weighted by Crippen LogP contribution is -2.43. The lowest BCUT2D eigenvalue weighted by Gasteiger charge is -2.41. The summed E-state index contributed by atoms with van der Waals surface area (Å²) in [4.78, 5) is 49.9. The maximum atomic E-state index is 13.5. The zero-order chi connectivity index (χ0) is 25.2. The van der Waals surface area contributed by atoms with E-state index >= 15 is 0 Å². The fourth-order valence-corrected chi connectivity index (χ4v) is 5.93. The summed E-state index contributed by atoms with van der Waals surface area (Å²) in [5, 5.41) is 32.6. The normalized spacial score (nSPS) is 22.9. The molecule has 0 aliphatic heterocycles. The van der Waals surface area contributed by atoms with Crippen molar-refractivity contribution in [1.82, 2.24) is 0 Å². The summed E-state index contributed by atoms with van der Waals surface area (Å²) in [5.74, 6) is -4.72. The lowest BCUT2D eigenvalue weighted by molar-refractivity contribution is -0.127. The molecule has 3 unspecified atom stereocenters. The van der Waals surface area contributed by atoms with Crippen LogP contribution in [0.5, 0.6) is 5.75 Å². The molecule has 3 aliphatic carbocycles. The van der Waals surface area contributed by atoms with Gasteiger partial charge in [-0.05, 0) is 67.3 Å². The fraction of sp³-hybridized carbons (Fsp3) is 0.286. The molecule has 36 heavy (non-hydrogen) atoms. The number of hydrogen-bond donors (Lipinski definition) is 3. The van der Waals surface area contributed by atoms with Crippen molar-refractivity contribution >= 4 is 28.9 Å². The number of Topliss-reactive ketones (excluding diaryl/α,β-unsaturated/α-hetero) is 4. The second-order valence-corrected chi connectivity index (χ2v) is 9.57. The van der Waals surface area contributed by atoms with Gasteiger partial charge >= 0.3 is 0 Å². The van der Waals surface area contributed by atoms with Crippen LogP contribution in [0.15, 0.2) is 53.3 Å². The van der Waals surface area contributed by atoms with Crippen molar-refractivity contribution in [1.29, 1.82) is 0 Å². The molecule has 3 aliphatic rings. The van der Waals surface area contributed by atoms with Crippen LogP contribution in [0.4, 0.5) is 0 Å². The van der Waals surface area contributed by atoms with Gasteiger partial charge in [-0.25, -0.2) is 0 Å². The molecule has 0 aromatic heterocycles. The Morgan fingerprint density at radius 2 is 1.69 bits per heavy atom. The van der Waals surface area contributed by atoms with Crippen LogP contribution >= 0.6 is 0 Å². The predicted octanol–water partition coefficient (Wildman–Crippen LogP) is 3.95. The maximum Gasteiger partial charge on any atom is 0.173 e. The summed E-state index contributed by atoms with van der Waals surface area (Å²) in [6, 6.07) is 10.2. The molecule has 5 rings (SSSR count). The van der Waals surface area contributed by atoms with E-state index in [-0.39, 0.29) is 48.8 Å². The highest BCUT2D eigenvalue weighted by molar-refractivity contribution is 6.22. The fourth-order valence-electron chi connectivity index (χ4n) is 5.93. The number of benzene rings is 2. The molecule has 0 bridgehead atoms. The summed E-state index contributed by atoms with van der Waals surface area (Å²) in [7, 11) is 0. The molecule has 5 N–H and O–H groups in total. The zero-order valence-electron chi connectivity index (χ0n) is 19.8. The maximum absolute atomic E-state index is 13.5. The Bertz CT molecular complexity index is 1420. The lowest BCUT2D eigenvalue weighted by atomic mass is 9.61. The van der Waals surface area contributed by atoms with Gasteiger partial charge in [0.25, 0.3) is 0 Å². The van der Waals surface area contributed by atoms with Crippen molar-refractivity contribution in [2.45, 2.75) is 33.1 Å². The minimum absolute atomic E-state index is 0. The minimum atomic E-state index is -1.07. The molecule has 8 nitrogen and oxygen atoms in total. The molecule has 0 radical (unpaired) electrons. The number of allylic oxidation sites excluding steroid dienone is 3. The monoisotopic (exact) mass is 494 g/mol. The first-order valence-corrected chi connectivity index (χ1v) is 11.5. The van der Waals surface area contributed by atoms with Crippen LogP contribution in [0.1, 0.15) is 51.0 Å². The van der Waals surface area contributed by atoms with Gasteiger partial charge < -0.3 is 20.8 Å². The Morgan fingerprint density at radius 3 is 2.36 bits per heavy atom. The Morgan fingerprint density at radius 1 is 0.972 bits per heavy atom. The Kier molecular flexibility index (Phi) is 6.18. The molecular weight excluding hydrogens is 464 g/mol. The van der Waals surface area contributed by atoms with Crippen LogP contribution in [0.25, 0.3) is 16.9 Å². The van der Waals surface area contributed by atoms with Gasteiger partial charge in [-0.2, -0.15) is 0 Å². The van der Waals surface area contributed by atoms with Crippen molar-refractivity contribution < 1.29 is 42.8 Å². The number of phenols is 1. The molecule has 2 aromatic carbocycles. The molecule has 1 fully saturated rings. The third-order valence-electron chi connectivity index (χ3n) is 7.46. The van der Waals surface area contributed by atoms with Gasteiger partial charge in [-0.15, -0.1) is 0 Å². The molecule has 0 amide bonds. The highest BCUT2D eigenvalue weighted by atomic mass is 16.3. The number of phenolic OH excluding ortho intramolecular Hbond substituents is 1. The average Bonchev–Trinajstić information content (AvgIpc) is 2.78. The highest BCUT2D eigenvalue weighted by Gasteiger charge is 2.50. The number of hydrogen-bond acceptors (Lipinski definition) is 7. The van der Waals surface area contributed by atoms with E-state index in [1.54, 1.807) is 24.3 Å². The van der Waals surface area contributed by atoms with Crippen LogP contribution in [-0.4, -0.2) is 43.9 Å². The molecule has 0 spiro atoms. The summed E-state index contributed by atoms with van der Waals surface area (Å²) < 4.78 is 0. The number of rotatable bonds is 3. The van der Waals surface area contributed by atoms with Crippen molar-refractivity contribution in [3.63, 3.8) is 0 Å². The van der Waals surface area contributed by atoms with Gasteiger partial charge in [0.2, 0.25) is 0 Å². The molecule has 2 aromatic rings. The molecular formula is C28H30O8. The molecule has 8 heteroatoms. The van der Waals surface area contributed by atoms with E-state index in [0.29, 0.717) is 24.0 Å². The minimum Gasteiger partial charge on any atom is -0.511 e. The third-order valence-corrected chi connectivity index (χ3v) is 7.46. The Balaban J connectivity index is 0.00000169. The summed E-state index contributed by atoms with van der Waals surface area (Å²) in [5.41, 5.74) is 2.55. The van der Waals surface area contributed by atoms with E-state index < -0.39 is 40.9 Å². The molecule has 0 saturated heterocycles. The van der Waals surface area contributed by atoms with Crippen molar-refractivity contribution in [3.05, 3.63) is 70.0 Å². The number of ketones is 4. The average molecular weight is 495 g/mol. The van der Waals surface area contributed by atoms with Crippen molar-refractivity contribution in [3.8, 4) is 16.9 Å². The predicted molar refractivity (Wildman–Crippen MR) is 135 cm³/mol. The van der Waals surface area contributed by atoms with E-state index in [9.17, 15) is 34.5 Å². The highest BCUT2D eigenvalue weighted by Crippen LogP contribution is 2.51. The topological polar surface area (TPSA) is 160 Å².